The molecule has 0 aliphatic carbocycles. The van der Waals surface area contributed by atoms with E-state index in [4.69, 9.17) is 4.74 Å². The van der Waals surface area contributed by atoms with E-state index in [1.807, 2.05) is 0 Å². The second-order valence-corrected chi connectivity index (χ2v) is 6.42. The van der Waals surface area contributed by atoms with Crippen LogP contribution in [0, 0.1) is 0 Å². The Hall–Kier alpha value is -0.130. The lowest BCUT2D eigenvalue weighted by Crippen LogP contribution is -2.28. The summed E-state index contributed by atoms with van der Waals surface area (Å²) in [5.74, 6) is 0.221. The fraction of sp³-hybridized carbons (Fsp3) is 1.00. The highest BCUT2D eigenvalue weighted by Gasteiger charge is 2.12. The van der Waals surface area contributed by atoms with Crippen LogP contribution in [0.3, 0.4) is 0 Å². The van der Waals surface area contributed by atoms with Crippen molar-refractivity contribution in [3.8, 4) is 0 Å². The highest BCUT2D eigenvalue weighted by atomic mass is 32.2. The number of hydrogen-bond acceptors (Lipinski definition) is 4. The van der Waals surface area contributed by atoms with Gasteiger partial charge in [0.15, 0.2) is 0 Å². The van der Waals surface area contributed by atoms with Crippen molar-refractivity contribution in [3.05, 3.63) is 0 Å². The molecule has 1 heterocycles. The number of nitrogens with one attached hydrogen (secondary N) is 1. The molecular weight excluding hydrogens is 214 g/mol. The van der Waals surface area contributed by atoms with Gasteiger partial charge in [0.25, 0.3) is 0 Å². The normalized spacial score (nSPS) is 22.9. The molecule has 1 rings (SSSR count). The van der Waals surface area contributed by atoms with E-state index in [0.29, 0.717) is 12.6 Å². The first-order chi connectivity index (χ1) is 7.08. The van der Waals surface area contributed by atoms with E-state index in [9.17, 15) is 8.42 Å². The summed E-state index contributed by atoms with van der Waals surface area (Å²) in [7, 11) is -2.82. The minimum absolute atomic E-state index is 0.221. The van der Waals surface area contributed by atoms with Crippen molar-refractivity contribution in [1.29, 1.82) is 0 Å². The molecule has 0 spiro atoms. The van der Waals surface area contributed by atoms with Gasteiger partial charge in [0.2, 0.25) is 0 Å². The van der Waals surface area contributed by atoms with Gasteiger partial charge < -0.3 is 10.1 Å². The van der Waals surface area contributed by atoms with Crippen molar-refractivity contribution in [2.24, 2.45) is 0 Å². The molecule has 5 heteroatoms. The molecule has 0 amide bonds. The second-order valence-electron chi connectivity index (χ2n) is 4.16. The van der Waals surface area contributed by atoms with Crippen LogP contribution in [0.25, 0.3) is 0 Å². The van der Waals surface area contributed by atoms with Crippen LogP contribution in [0.15, 0.2) is 0 Å². The van der Waals surface area contributed by atoms with Gasteiger partial charge in [-0.2, -0.15) is 0 Å². The fourth-order valence-corrected chi connectivity index (χ4v) is 2.20. The van der Waals surface area contributed by atoms with E-state index in [1.165, 1.54) is 19.1 Å². The average molecular weight is 235 g/mol. The summed E-state index contributed by atoms with van der Waals surface area (Å²) in [6, 6.07) is 0. The molecule has 1 N–H and O–H groups in total. The fourth-order valence-electron chi connectivity index (χ4n) is 1.68. The van der Waals surface area contributed by atoms with Gasteiger partial charge in [-0.3, -0.25) is 0 Å². The Morgan fingerprint density at radius 3 is 2.73 bits per heavy atom. The topological polar surface area (TPSA) is 55.4 Å². The predicted octanol–water partition coefficient (Wildman–Crippen LogP) is 0.580. The molecule has 90 valence electrons. The van der Waals surface area contributed by atoms with Crippen molar-refractivity contribution in [2.75, 3.05) is 31.7 Å². The monoisotopic (exact) mass is 235 g/mol. The van der Waals surface area contributed by atoms with Crippen LogP contribution in [0.4, 0.5) is 0 Å². The first-order valence-corrected chi connectivity index (χ1v) is 7.64. The Balaban J connectivity index is 1.96. The lowest BCUT2D eigenvalue weighted by molar-refractivity contribution is 0.0117. The molecule has 0 saturated carbocycles. The van der Waals surface area contributed by atoms with Crippen molar-refractivity contribution >= 4 is 9.84 Å². The molecule has 0 aromatic carbocycles. The number of ether oxygens (including phenoxy) is 1. The van der Waals surface area contributed by atoms with Gasteiger partial charge >= 0.3 is 0 Å². The smallest absolute Gasteiger partial charge is 0.148 e. The van der Waals surface area contributed by atoms with E-state index >= 15 is 0 Å². The zero-order chi connectivity index (χ0) is 11.1. The molecule has 1 aliphatic heterocycles. The molecule has 15 heavy (non-hydrogen) atoms. The molecule has 1 aliphatic rings. The molecule has 1 unspecified atom stereocenters. The molecular formula is C10H21NO3S. The summed E-state index contributed by atoms with van der Waals surface area (Å²) in [6.45, 7) is 2.28. The molecule has 1 saturated heterocycles. The highest BCUT2D eigenvalue weighted by molar-refractivity contribution is 7.90. The first-order valence-electron chi connectivity index (χ1n) is 5.58. The van der Waals surface area contributed by atoms with Gasteiger partial charge in [0.05, 0.1) is 11.9 Å². The van der Waals surface area contributed by atoms with Gasteiger partial charge in [-0.1, -0.05) is 0 Å². The van der Waals surface area contributed by atoms with Crippen LogP contribution in [0.1, 0.15) is 25.7 Å². The molecule has 0 aromatic rings. The maximum absolute atomic E-state index is 10.8. The Labute approximate surface area is 92.3 Å². The molecule has 4 nitrogen and oxygen atoms in total. The van der Waals surface area contributed by atoms with E-state index < -0.39 is 9.84 Å². The largest absolute Gasteiger partial charge is 0.378 e. The average Bonchev–Trinajstić information content (AvgIpc) is 2.17. The molecule has 0 aromatic heterocycles. The Morgan fingerprint density at radius 2 is 2.13 bits per heavy atom. The number of sulfone groups is 1. The Kier molecular flexibility index (Phi) is 5.56. The lowest BCUT2D eigenvalue weighted by Gasteiger charge is -2.22. The first kappa shape index (κ1) is 12.9. The quantitative estimate of drug-likeness (QED) is 0.684. The van der Waals surface area contributed by atoms with Crippen LogP contribution in [0.2, 0.25) is 0 Å². The molecule has 0 bridgehead atoms. The van der Waals surface area contributed by atoms with Crippen LogP contribution >= 0.6 is 0 Å². The summed E-state index contributed by atoms with van der Waals surface area (Å²) >= 11 is 0. The van der Waals surface area contributed by atoms with Crippen molar-refractivity contribution in [1.82, 2.24) is 5.32 Å². The molecule has 1 atom stereocenters. The van der Waals surface area contributed by atoms with Crippen molar-refractivity contribution in [2.45, 2.75) is 31.8 Å². The SMILES string of the molecule is CS(=O)(=O)CCNCCC1CCCCO1. The third-order valence-corrected chi connectivity index (χ3v) is 3.51. The summed E-state index contributed by atoms with van der Waals surface area (Å²) in [4.78, 5) is 0. The van der Waals surface area contributed by atoms with Crippen LogP contribution in [-0.2, 0) is 14.6 Å². The molecule has 0 radical (unpaired) electrons. The van der Waals surface area contributed by atoms with Gasteiger partial charge in [0.1, 0.15) is 9.84 Å². The van der Waals surface area contributed by atoms with Gasteiger partial charge in [0, 0.05) is 19.4 Å². The van der Waals surface area contributed by atoms with E-state index in [-0.39, 0.29) is 5.75 Å². The van der Waals surface area contributed by atoms with Crippen LogP contribution in [0.5, 0.6) is 0 Å². The lowest BCUT2D eigenvalue weighted by atomic mass is 10.1. The maximum Gasteiger partial charge on any atom is 0.148 e. The minimum atomic E-state index is -2.82. The third kappa shape index (κ3) is 6.87. The van der Waals surface area contributed by atoms with Crippen LogP contribution < -0.4 is 5.32 Å². The number of hydrogen-bond donors (Lipinski definition) is 1. The van der Waals surface area contributed by atoms with Gasteiger partial charge in [-0.25, -0.2) is 8.42 Å². The zero-order valence-corrected chi connectivity index (χ0v) is 10.2. The van der Waals surface area contributed by atoms with Gasteiger partial charge in [-0.05, 0) is 32.2 Å². The second kappa shape index (κ2) is 6.45. The summed E-state index contributed by atoms with van der Waals surface area (Å²) in [5, 5.41) is 3.13. The van der Waals surface area contributed by atoms with Crippen molar-refractivity contribution < 1.29 is 13.2 Å². The summed E-state index contributed by atoms with van der Waals surface area (Å²) in [6.07, 6.45) is 6.21. The third-order valence-electron chi connectivity index (χ3n) is 2.57. The highest BCUT2D eigenvalue weighted by Crippen LogP contribution is 2.14. The number of rotatable bonds is 6. The summed E-state index contributed by atoms with van der Waals surface area (Å²) in [5.41, 5.74) is 0. The standard InChI is InChI=1S/C10H21NO3S/c1-15(12,13)9-7-11-6-5-10-4-2-3-8-14-10/h10-11H,2-9H2,1H3. The van der Waals surface area contributed by atoms with Crippen molar-refractivity contribution in [3.63, 3.8) is 0 Å². The Bertz CT molecular complexity index is 258. The predicted molar refractivity (Wildman–Crippen MR) is 60.8 cm³/mol. The zero-order valence-electron chi connectivity index (χ0n) is 9.37. The molecule has 1 fully saturated rings. The van der Waals surface area contributed by atoms with Gasteiger partial charge in [-0.15, -0.1) is 0 Å². The maximum atomic E-state index is 10.8. The summed E-state index contributed by atoms with van der Waals surface area (Å²) < 4.78 is 27.2. The van der Waals surface area contributed by atoms with E-state index in [1.54, 1.807) is 0 Å². The minimum Gasteiger partial charge on any atom is -0.378 e. The van der Waals surface area contributed by atoms with E-state index in [2.05, 4.69) is 5.32 Å². The Morgan fingerprint density at radius 1 is 1.33 bits per heavy atom. The van der Waals surface area contributed by atoms with Crippen LogP contribution in [-0.4, -0.2) is 46.2 Å². The van der Waals surface area contributed by atoms with E-state index in [0.717, 1.165) is 26.0 Å².